The van der Waals surface area contributed by atoms with Crippen LogP contribution < -0.4 is 10.2 Å². The first-order valence-electron chi connectivity index (χ1n) is 10.4. The number of rotatable bonds is 4. The van der Waals surface area contributed by atoms with Crippen molar-refractivity contribution in [1.29, 1.82) is 0 Å². The van der Waals surface area contributed by atoms with Crippen molar-refractivity contribution in [2.45, 2.75) is 51.7 Å². The Bertz CT molecular complexity index is 1120. The lowest BCUT2D eigenvalue weighted by atomic mass is 9.96. The van der Waals surface area contributed by atoms with Gasteiger partial charge in [0.05, 0.1) is 17.8 Å². The zero-order valence-corrected chi connectivity index (χ0v) is 18.2. The Balaban J connectivity index is 1.67. The largest absolute Gasteiger partial charge is 0.351 e. The average Bonchev–Trinajstić information content (AvgIpc) is 3.44. The summed E-state index contributed by atoms with van der Waals surface area (Å²) >= 11 is 5.79. The maximum Gasteiger partial charge on any atom is 0.174 e. The van der Waals surface area contributed by atoms with E-state index in [-0.39, 0.29) is 17.9 Å². The number of thiocarbonyl (C=S) groups is 1. The van der Waals surface area contributed by atoms with Gasteiger partial charge in [-0.15, -0.1) is 0 Å². The number of anilines is 1. The van der Waals surface area contributed by atoms with Crippen molar-refractivity contribution < 1.29 is 4.39 Å². The van der Waals surface area contributed by atoms with E-state index in [4.69, 9.17) is 12.2 Å². The molecule has 2 atom stereocenters. The summed E-state index contributed by atoms with van der Waals surface area (Å²) in [4.78, 5) is 6.75. The Morgan fingerprint density at radius 3 is 2.57 bits per heavy atom. The van der Waals surface area contributed by atoms with Crippen LogP contribution in [-0.2, 0) is 0 Å². The predicted octanol–water partition coefficient (Wildman–Crippen LogP) is 5.46. The van der Waals surface area contributed by atoms with Crippen LogP contribution in [0.2, 0.25) is 0 Å². The Kier molecular flexibility index (Phi) is 4.62. The fourth-order valence-corrected chi connectivity index (χ4v) is 5.07. The summed E-state index contributed by atoms with van der Waals surface area (Å²) in [6.45, 7) is 6.17. The molecule has 1 aliphatic carbocycles. The number of aromatic nitrogens is 2. The molecule has 1 N–H and O–H groups in total. The Morgan fingerprint density at radius 2 is 1.90 bits per heavy atom. The average molecular weight is 421 g/mol. The highest BCUT2D eigenvalue weighted by molar-refractivity contribution is 7.80. The molecule has 3 heterocycles. The topological polar surface area (TPSA) is 33.1 Å². The van der Waals surface area contributed by atoms with E-state index in [0.29, 0.717) is 16.7 Å². The molecule has 0 unspecified atom stereocenters. The Morgan fingerprint density at radius 1 is 1.10 bits per heavy atom. The quantitative estimate of drug-likeness (QED) is 0.568. The third-order valence-electron chi connectivity index (χ3n) is 6.27. The summed E-state index contributed by atoms with van der Waals surface area (Å²) in [6.07, 6.45) is 4.29. The lowest BCUT2D eigenvalue weighted by molar-refractivity contribution is 0.561. The molecule has 6 heteroatoms. The first kappa shape index (κ1) is 19.2. The van der Waals surface area contributed by atoms with Gasteiger partial charge in [0.25, 0.3) is 0 Å². The fraction of sp³-hybridized carbons (Fsp3) is 0.333. The van der Waals surface area contributed by atoms with Gasteiger partial charge in [0, 0.05) is 29.3 Å². The molecule has 2 aromatic heterocycles. The second-order valence-corrected chi connectivity index (χ2v) is 8.74. The highest BCUT2D eigenvalue weighted by Gasteiger charge is 2.43. The van der Waals surface area contributed by atoms with E-state index in [1.807, 2.05) is 36.5 Å². The van der Waals surface area contributed by atoms with E-state index >= 15 is 0 Å². The van der Waals surface area contributed by atoms with E-state index in [1.54, 1.807) is 6.92 Å². The van der Waals surface area contributed by atoms with Crippen LogP contribution in [0.3, 0.4) is 0 Å². The molecule has 1 aromatic carbocycles. The van der Waals surface area contributed by atoms with Crippen molar-refractivity contribution in [3.05, 3.63) is 82.7 Å². The molecule has 0 radical (unpaired) electrons. The summed E-state index contributed by atoms with van der Waals surface area (Å²) < 4.78 is 16.4. The number of benzene rings is 1. The molecule has 30 heavy (non-hydrogen) atoms. The van der Waals surface area contributed by atoms with Crippen molar-refractivity contribution in [2.24, 2.45) is 0 Å². The highest BCUT2D eigenvalue weighted by atomic mass is 32.1. The van der Waals surface area contributed by atoms with Crippen LogP contribution in [-0.4, -0.2) is 14.7 Å². The van der Waals surface area contributed by atoms with Crippen molar-refractivity contribution in [2.75, 3.05) is 4.90 Å². The van der Waals surface area contributed by atoms with Crippen LogP contribution in [0.15, 0.2) is 48.7 Å². The zero-order valence-electron chi connectivity index (χ0n) is 17.4. The predicted molar refractivity (Wildman–Crippen MR) is 121 cm³/mol. The molecule has 154 valence electrons. The third-order valence-corrected chi connectivity index (χ3v) is 6.59. The van der Waals surface area contributed by atoms with E-state index in [2.05, 4.69) is 39.7 Å². The molecule has 0 spiro atoms. The highest BCUT2D eigenvalue weighted by Crippen LogP contribution is 2.46. The van der Waals surface area contributed by atoms with Gasteiger partial charge in [0.1, 0.15) is 5.82 Å². The van der Waals surface area contributed by atoms with Crippen LogP contribution in [0.4, 0.5) is 10.1 Å². The van der Waals surface area contributed by atoms with Gasteiger partial charge >= 0.3 is 0 Å². The first-order valence-corrected chi connectivity index (χ1v) is 10.8. The van der Waals surface area contributed by atoms with Gasteiger partial charge in [-0.05, 0) is 93.4 Å². The summed E-state index contributed by atoms with van der Waals surface area (Å²) in [7, 11) is 0. The number of aryl methyl sites for hydroxylation is 2. The van der Waals surface area contributed by atoms with Crippen LogP contribution in [0.1, 0.15) is 59.2 Å². The summed E-state index contributed by atoms with van der Waals surface area (Å²) in [6, 6.07) is 13.9. The molecule has 0 amide bonds. The molecule has 2 fully saturated rings. The van der Waals surface area contributed by atoms with Gasteiger partial charge < -0.3 is 14.8 Å². The summed E-state index contributed by atoms with van der Waals surface area (Å²) in [5, 5.41) is 4.13. The van der Waals surface area contributed by atoms with E-state index in [0.717, 1.165) is 11.4 Å². The second kappa shape index (κ2) is 7.20. The lowest BCUT2D eigenvalue weighted by Gasteiger charge is -2.28. The number of nitrogens with zero attached hydrogens (tertiary/aromatic N) is 3. The number of hydrogen-bond acceptors (Lipinski definition) is 2. The smallest absolute Gasteiger partial charge is 0.174 e. The summed E-state index contributed by atoms with van der Waals surface area (Å²) in [5.41, 5.74) is 6.24. The van der Waals surface area contributed by atoms with Crippen LogP contribution in [0.5, 0.6) is 0 Å². The van der Waals surface area contributed by atoms with Gasteiger partial charge in [0.15, 0.2) is 5.11 Å². The minimum absolute atomic E-state index is 0.0593. The monoisotopic (exact) mass is 420 g/mol. The van der Waals surface area contributed by atoms with E-state index < -0.39 is 0 Å². The SMILES string of the molecule is Cc1cc(N2C(=S)N[C@H](c3ccccn3)[C@@H]2c2cc(C)n(C3CC3)c2C)ccc1F. The van der Waals surface area contributed by atoms with Gasteiger partial charge in [-0.2, -0.15) is 0 Å². The molecular weight excluding hydrogens is 395 g/mol. The van der Waals surface area contributed by atoms with Gasteiger partial charge in [-0.1, -0.05) is 6.07 Å². The fourth-order valence-electron chi connectivity index (χ4n) is 4.72. The van der Waals surface area contributed by atoms with E-state index in [9.17, 15) is 4.39 Å². The van der Waals surface area contributed by atoms with Crippen molar-refractivity contribution in [3.8, 4) is 0 Å². The molecule has 2 aliphatic rings. The third kappa shape index (κ3) is 3.10. The number of hydrogen-bond donors (Lipinski definition) is 1. The molecule has 4 nitrogen and oxygen atoms in total. The number of pyridine rings is 1. The summed E-state index contributed by atoms with van der Waals surface area (Å²) in [5.74, 6) is -0.207. The normalized spacial score (nSPS) is 21.2. The number of nitrogens with one attached hydrogen (secondary N) is 1. The molecular formula is C24H25FN4S. The molecule has 3 aromatic rings. The minimum atomic E-state index is -0.207. The van der Waals surface area contributed by atoms with Crippen molar-refractivity contribution in [1.82, 2.24) is 14.9 Å². The molecule has 5 rings (SSSR count). The first-order chi connectivity index (χ1) is 14.5. The van der Waals surface area contributed by atoms with E-state index in [1.165, 1.54) is 35.9 Å². The number of halogens is 1. The maximum atomic E-state index is 14.0. The molecule has 1 saturated heterocycles. The van der Waals surface area contributed by atoms with Crippen molar-refractivity contribution >= 4 is 23.0 Å². The molecule has 1 aliphatic heterocycles. The second-order valence-electron chi connectivity index (χ2n) is 8.36. The maximum absolute atomic E-state index is 14.0. The Hall–Kier alpha value is -2.73. The van der Waals surface area contributed by atoms with Crippen LogP contribution >= 0.6 is 12.2 Å². The zero-order chi connectivity index (χ0) is 21.0. The van der Waals surface area contributed by atoms with Gasteiger partial charge in [-0.25, -0.2) is 4.39 Å². The lowest BCUT2D eigenvalue weighted by Crippen LogP contribution is -2.29. The standard InChI is InChI=1S/C24H25FN4S/c1-14-12-18(9-10-20(14)25)29-23(19-13-15(2)28(16(19)3)17-7-8-17)22(27-24(29)30)21-6-4-5-11-26-21/h4-6,9-13,17,22-23H,7-8H2,1-3H3,(H,27,30)/t22-,23+/m1/s1. The Labute approximate surface area is 181 Å². The molecule has 0 bridgehead atoms. The van der Waals surface area contributed by atoms with Crippen LogP contribution in [0.25, 0.3) is 0 Å². The molecule has 1 saturated carbocycles. The van der Waals surface area contributed by atoms with Gasteiger partial charge in [-0.3, -0.25) is 4.98 Å². The van der Waals surface area contributed by atoms with Gasteiger partial charge in [0.2, 0.25) is 0 Å². The minimum Gasteiger partial charge on any atom is -0.351 e. The van der Waals surface area contributed by atoms with Crippen LogP contribution in [0, 0.1) is 26.6 Å². The van der Waals surface area contributed by atoms with Crippen molar-refractivity contribution in [3.63, 3.8) is 0 Å².